The zero-order valence-electron chi connectivity index (χ0n) is 9.63. The molecule has 1 aromatic heterocycles. The number of aromatic nitrogens is 2. The minimum Gasteiger partial charge on any atom is -0.374 e. The van der Waals surface area contributed by atoms with Crippen molar-refractivity contribution in [1.82, 2.24) is 15.5 Å². The molecule has 1 aromatic rings. The molecule has 0 aliphatic heterocycles. The fraction of sp³-hybridized carbons (Fsp3) is 0.500. The van der Waals surface area contributed by atoms with Crippen LogP contribution >= 0.6 is 23.2 Å². The topological polar surface area (TPSA) is 66.9 Å². The van der Waals surface area contributed by atoms with Crippen LogP contribution in [0, 0.1) is 5.92 Å². The predicted molar refractivity (Wildman–Crippen MR) is 68.4 cm³/mol. The van der Waals surface area contributed by atoms with Gasteiger partial charge in [0.15, 0.2) is 10.3 Å². The van der Waals surface area contributed by atoms with Crippen LogP contribution in [-0.4, -0.2) is 29.2 Å². The minimum absolute atomic E-state index is 0.109. The van der Waals surface area contributed by atoms with Crippen molar-refractivity contribution in [3.63, 3.8) is 0 Å². The molecule has 0 aromatic carbocycles. The van der Waals surface area contributed by atoms with E-state index in [1.54, 1.807) is 0 Å². The average molecular weight is 277 g/mol. The van der Waals surface area contributed by atoms with Gasteiger partial charge in [0, 0.05) is 12.6 Å². The summed E-state index contributed by atoms with van der Waals surface area (Å²) in [6.07, 6.45) is 0. The highest BCUT2D eigenvalue weighted by molar-refractivity contribution is 6.33. The summed E-state index contributed by atoms with van der Waals surface area (Å²) in [7, 11) is 0. The van der Waals surface area contributed by atoms with E-state index < -0.39 is 0 Å². The molecule has 0 spiro atoms. The first-order chi connectivity index (χ1) is 7.99. The van der Waals surface area contributed by atoms with Crippen LogP contribution in [0.1, 0.15) is 13.8 Å². The number of nitrogens with one attached hydrogen (secondary N) is 2. The first-order valence-electron chi connectivity index (χ1n) is 5.18. The number of halogens is 2. The second-order valence-electron chi connectivity index (χ2n) is 3.92. The monoisotopic (exact) mass is 276 g/mol. The van der Waals surface area contributed by atoms with Gasteiger partial charge in [-0.3, -0.25) is 4.79 Å². The van der Waals surface area contributed by atoms with E-state index >= 15 is 0 Å². The SMILES string of the molecule is CC(C)CNC(=O)CNc1cc(Cl)nnc1Cl. The zero-order valence-corrected chi connectivity index (χ0v) is 11.1. The first-order valence-corrected chi connectivity index (χ1v) is 5.94. The van der Waals surface area contributed by atoms with Crippen LogP contribution in [0.3, 0.4) is 0 Å². The molecular weight excluding hydrogens is 263 g/mol. The minimum atomic E-state index is -0.109. The van der Waals surface area contributed by atoms with Crippen molar-refractivity contribution in [3.8, 4) is 0 Å². The molecule has 7 heteroatoms. The van der Waals surface area contributed by atoms with Crippen molar-refractivity contribution >= 4 is 34.8 Å². The Morgan fingerprint density at radius 2 is 2.12 bits per heavy atom. The molecule has 0 saturated heterocycles. The molecule has 17 heavy (non-hydrogen) atoms. The molecule has 1 rings (SSSR count). The van der Waals surface area contributed by atoms with Crippen LogP contribution in [-0.2, 0) is 4.79 Å². The van der Waals surface area contributed by atoms with Gasteiger partial charge in [0.1, 0.15) is 0 Å². The lowest BCUT2D eigenvalue weighted by atomic mass is 10.2. The molecule has 0 radical (unpaired) electrons. The molecule has 0 aliphatic rings. The molecule has 0 saturated carbocycles. The van der Waals surface area contributed by atoms with Gasteiger partial charge in [-0.2, -0.15) is 0 Å². The summed E-state index contributed by atoms with van der Waals surface area (Å²) in [5.41, 5.74) is 0.492. The Morgan fingerprint density at radius 3 is 2.76 bits per heavy atom. The van der Waals surface area contributed by atoms with Crippen LogP contribution in [0.5, 0.6) is 0 Å². The Hall–Kier alpha value is -1.07. The highest BCUT2D eigenvalue weighted by Crippen LogP contribution is 2.20. The Morgan fingerprint density at radius 1 is 1.41 bits per heavy atom. The maximum atomic E-state index is 11.4. The number of rotatable bonds is 5. The van der Waals surface area contributed by atoms with Crippen molar-refractivity contribution in [2.75, 3.05) is 18.4 Å². The lowest BCUT2D eigenvalue weighted by molar-refractivity contribution is -0.119. The van der Waals surface area contributed by atoms with E-state index in [4.69, 9.17) is 23.2 Å². The number of carbonyl (C=O) groups is 1. The smallest absolute Gasteiger partial charge is 0.239 e. The number of amides is 1. The lowest BCUT2D eigenvalue weighted by Gasteiger charge is -2.09. The number of carbonyl (C=O) groups excluding carboxylic acids is 1. The van der Waals surface area contributed by atoms with E-state index in [0.717, 1.165) is 0 Å². The average Bonchev–Trinajstić information content (AvgIpc) is 2.27. The van der Waals surface area contributed by atoms with Gasteiger partial charge >= 0.3 is 0 Å². The molecule has 0 atom stereocenters. The van der Waals surface area contributed by atoms with Gasteiger partial charge in [-0.05, 0) is 5.92 Å². The van der Waals surface area contributed by atoms with Gasteiger partial charge in [0.05, 0.1) is 12.2 Å². The molecule has 0 fully saturated rings. The number of hydrogen-bond donors (Lipinski definition) is 2. The third-order valence-corrected chi connectivity index (χ3v) is 2.33. The van der Waals surface area contributed by atoms with Crippen molar-refractivity contribution in [3.05, 3.63) is 16.4 Å². The van der Waals surface area contributed by atoms with Crippen molar-refractivity contribution in [1.29, 1.82) is 0 Å². The summed E-state index contributed by atoms with van der Waals surface area (Å²) in [5, 5.41) is 13.2. The Balaban J connectivity index is 2.44. The molecule has 94 valence electrons. The largest absolute Gasteiger partial charge is 0.374 e. The summed E-state index contributed by atoms with van der Waals surface area (Å²) < 4.78 is 0. The maximum absolute atomic E-state index is 11.4. The second-order valence-corrected chi connectivity index (χ2v) is 4.67. The van der Waals surface area contributed by atoms with Crippen LogP contribution in [0.25, 0.3) is 0 Å². The summed E-state index contributed by atoms with van der Waals surface area (Å²) >= 11 is 11.4. The van der Waals surface area contributed by atoms with Gasteiger partial charge in [-0.15, -0.1) is 10.2 Å². The third kappa shape index (κ3) is 5.19. The molecular formula is C10H14Cl2N4O. The summed E-state index contributed by atoms with van der Waals surface area (Å²) in [4.78, 5) is 11.4. The fourth-order valence-electron chi connectivity index (χ4n) is 1.03. The maximum Gasteiger partial charge on any atom is 0.239 e. The van der Waals surface area contributed by atoms with Gasteiger partial charge in [-0.1, -0.05) is 37.0 Å². The third-order valence-electron chi connectivity index (χ3n) is 1.87. The zero-order chi connectivity index (χ0) is 12.8. The number of anilines is 1. The highest BCUT2D eigenvalue weighted by Gasteiger charge is 2.06. The van der Waals surface area contributed by atoms with E-state index in [1.807, 2.05) is 13.8 Å². The molecule has 1 amide bonds. The van der Waals surface area contributed by atoms with Gasteiger partial charge in [-0.25, -0.2) is 0 Å². The first kappa shape index (κ1) is 14.0. The fourth-order valence-corrected chi connectivity index (χ4v) is 1.34. The Bertz CT molecular complexity index is 398. The van der Waals surface area contributed by atoms with Crippen LogP contribution in [0.2, 0.25) is 10.3 Å². The Kier molecular flexibility index (Phi) is 5.44. The number of hydrogen-bond acceptors (Lipinski definition) is 4. The summed E-state index contributed by atoms with van der Waals surface area (Å²) in [6.45, 7) is 4.81. The molecule has 0 bridgehead atoms. The van der Waals surface area contributed by atoms with Crippen molar-refractivity contribution in [2.45, 2.75) is 13.8 Å². The normalized spacial score (nSPS) is 10.4. The summed E-state index contributed by atoms with van der Waals surface area (Å²) in [5.74, 6) is 0.308. The van der Waals surface area contributed by atoms with E-state index in [2.05, 4.69) is 20.8 Å². The van der Waals surface area contributed by atoms with Crippen molar-refractivity contribution < 1.29 is 4.79 Å². The highest BCUT2D eigenvalue weighted by atomic mass is 35.5. The van der Waals surface area contributed by atoms with Gasteiger partial charge in [0.25, 0.3) is 0 Å². The standard InChI is InChI=1S/C10H14Cl2N4O/c1-6(2)4-14-9(17)5-13-7-3-8(11)15-16-10(7)12/h3,6H,4-5H2,1-2H3,(H,13,15)(H,14,17). The predicted octanol–water partition coefficient (Wildman–Crippen LogP) is 1.97. The molecule has 0 unspecified atom stereocenters. The molecule has 1 heterocycles. The Labute approximate surface area is 110 Å². The van der Waals surface area contributed by atoms with Crippen LogP contribution < -0.4 is 10.6 Å². The van der Waals surface area contributed by atoms with Crippen molar-refractivity contribution in [2.24, 2.45) is 5.92 Å². The second kappa shape index (κ2) is 6.61. The van der Waals surface area contributed by atoms with E-state index in [9.17, 15) is 4.79 Å². The van der Waals surface area contributed by atoms with Gasteiger partial charge in [0.2, 0.25) is 5.91 Å². The molecule has 0 aliphatic carbocycles. The quantitative estimate of drug-likeness (QED) is 0.863. The molecule has 2 N–H and O–H groups in total. The lowest BCUT2D eigenvalue weighted by Crippen LogP contribution is -2.32. The summed E-state index contributed by atoms with van der Waals surface area (Å²) in [6, 6.07) is 1.52. The van der Waals surface area contributed by atoms with Crippen LogP contribution in [0.4, 0.5) is 5.69 Å². The van der Waals surface area contributed by atoms with E-state index in [1.165, 1.54) is 6.07 Å². The van der Waals surface area contributed by atoms with E-state index in [-0.39, 0.29) is 22.8 Å². The van der Waals surface area contributed by atoms with E-state index in [0.29, 0.717) is 18.2 Å². The van der Waals surface area contributed by atoms with Gasteiger partial charge < -0.3 is 10.6 Å². The van der Waals surface area contributed by atoms with Crippen LogP contribution in [0.15, 0.2) is 6.07 Å². The molecule has 5 nitrogen and oxygen atoms in total. The number of nitrogens with zero attached hydrogens (tertiary/aromatic N) is 2.